The van der Waals surface area contributed by atoms with Crippen LogP contribution in [0, 0.1) is 17.8 Å². The Kier molecular flexibility index (Phi) is 5.97. The van der Waals surface area contributed by atoms with Crippen LogP contribution in [0.15, 0.2) is 0 Å². The Labute approximate surface area is 91.1 Å². The minimum atomic E-state index is -0.929. The zero-order chi connectivity index (χ0) is 12.0. The number of carbonyl (C=O) groups is 2. The highest BCUT2D eigenvalue weighted by Crippen LogP contribution is 2.11. The summed E-state index contributed by atoms with van der Waals surface area (Å²) in [6, 6.07) is 0. The monoisotopic (exact) mass is 215 g/mol. The molecular weight excluding hydrogens is 194 g/mol. The number of carboxylic acids is 1. The predicted molar refractivity (Wildman–Crippen MR) is 58.4 cm³/mol. The predicted octanol–water partition coefficient (Wildman–Crippen LogP) is 1.51. The van der Waals surface area contributed by atoms with Crippen LogP contribution in [-0.2, 0) is 9.59 Å². The molecule has 0 aliphatic heterocycles. The molecule has 0 saturated carbocycles. The standard InChI is InChI=1S/C11H21NO3/c1-7(2)5-6-12-10(13)8(3)9(4)11(14)15/h7-9H,5-6H2,1-4H3,(H,12,13)(H,14,15). The number of hydrogen-bond acceptors (Lipinski definition) is 2. The molecule has 0 aliphatic rings. The fraction of sp³-hybridized carbons (Fsp3) is 0.818. The first-order valence-corrected chi connectivity index (χ1v) is 5.36. The summed E-state index contributed by atoms with van der Waals surface area (Å²) in [6.07, 6.45) is 0.917. The van der Waals surface area contributed by atoms with Crippen LogP contribution in [0.5, 0.6) is 0 Å². The molecule has 0 fully saturated rings. The SMILES string of the molecule is CC(C)CCNC(=O)C(C)C(C)C(=O)O. The summed E-state index contributed by atoms with van der Waals surface area (Å²) < 4.78 is 0. The van der Waals surface area contributed by atoms with Crippen molar-refractivity contribution in [2.75, 3.05) is 6.54 Å². The van der Waals surface area contributed by atoms with E-state index in [9.17, 15) is 9.59 Å². The van der Waals surface area contributed by atoms with Crippen LogP contribution in [0.25, 0.3) is 0 Å². The molecule has 0 aliphatic carbocycles. The first-order chi connectivity index (χ1) is 6.86. The quantitative estimate of drug-likeness (QED) is 0.705. The molecule has 2 atom stereocenters. The summed E-state index contributed by atoms with van der Waals surface area (Å²) in [6.45, 7) is 7.97. The van der Waals surface area contributed by atoms with Crippen LogP contribution in [0.3, 0.4) is 0 Å². The van der Waals surface area contributed by atoms with Crippen LogP contribution in [0.1, 0.15) is 34.1 Å². The van der Waals surface area contributed by atoms with Crippen LogP contribution in [0.2, 0.25) is 0 Å². The molecule has 88 valence electrons. The van der Waals surface area contributed by atoms with Gasteiger partial charge < -0.3 is 10.4 Å². The molecule has 0 heterocycles. The van der Waals surface area contributed by atoms with E-state index < -0.39 is 17.8 Å². The van der Waals surface area contributed by atoms with E-state index in [4.69, 9.17) is 5.11 Å². The van der Waals surface area contributed by atoms with Crippen molar-refractivity contribution in [3.8, 4) is 0 Å². The van der Waals surface area contributed by atoms with E-state index in [1.165, 1.54) is 0 Å². The highest BCUT2D eigenvalue weighted by molar-refractivity contribution is 5.84. The molecule has 0 bridgehead atoms. The van der Waals surface area contributed by atoms with Gasteiger partial charge in [-0.25, -0.2) is 0 Å². The van der Waals surface area contributed by atoms with Crippen molar-refractivity contribution < 1.29 is 14.7 Å². The maximum absolute atomic E-state index is 11.5. The fourth-order valence-corrected chi connectivity index (χ4v) is 1.09. The maximum Gasteiger partial charge on any atom is 0.307 e. The topological polar surface area (TPSA) is 66.4 Å². The van der Waals surface area contributed by atoms with Crippen LogP contribution in [-0.4, -0.2) is 23.5 Å². The molecule has 1 amide bonds. The second-order valence-corrected chi connectivity index (χ2v) is 4.39. The van der Waals surface area contributed by atoms with E-state index in [0.717, 1.165) is 6.42 Å². The largest absolute Gasteiger partial charge is 0.481 e. The van der Waals surface area contributed by atoms with Gasteiger partial charge in [0.15, 0.2) is 0 Å². The summed E-state index contributed by atoms with van der Waals surface area (Å²) in [7, 11) is 0. The third kappa shape index (κ3) is 5.40. The molecule has 0 aromatic carbocycles. The Hall–Kier alpha value is -1.06. The second-order valence-electron chi connectivity index (χ2n) is 4.39. The third-order valence-corrected chi connectivity index (χ3v) is 2.57. The number of carbonyl (C=O) groups excluding carboxylic acids is 1. The Morgan fingerprint density at radius 1 is 1.13 bits per heavy atom. The lowest BCUT2D eigenvalue weighted by atomic mass is 9.95. The zero-order valence-corrected chi connectivity index (χ0v) is 9.91. The summed E-state index contributed by atoms with van der Waals surface area (Å²) in [5.41, 5.74) is 0. The first kappa shape index (κ1) is 13.9. The fourth-order valence-electron chi connectivity index (χ4n) is 1.09. The van der Waals surface area contributed by atoms with E-state index in [0.29, 0.717) is 12.5 Å². The van der Waals surface area contributed by atoms with Crippen molar-refractivity contribution in [2.24, 2.45) is 17.8 Å². The van der Waals surface area contributed by atoms with Crippen molar-refractivity contribution >= 4 is 11.9 Å². The van der Waals surface area contributed by atoms with Gasteiger partial charge in [-0.05, 0) is 12.3 Å². The Morgan fingerprint density at radius 3 is 2.07 bits per heavy atom. The van der Waals surface area contributed by atoms with E-state index in [-0.39, 0.29) is 5.91 Å². The Morgan fingerprint density at radius 2 is 1.67 bits per heavy atom. The molecule has 0 radical (unpaired) electrons. The van der Waals surface area contributed by atoms with Crippen molar-refractivity contribution in [1.29, 1.82) is 0 Å². The van der Waals surface area contributed by atoms with Crippen molar-refractivity contribution in [3.63, 3.8) is 0 Å². The molecule has 0 spiro atoms. The molecule has 4 nitrogen and oxygen atoms in total. The van der Waals surface area contributed by atoms with E-state index >= 15 is 0 Å². The van der Waals surface area contributed by atoms with Crippen LogP contribution < -0.4 is 5.32 Å². The number of aliphatic carboxylic acids is 1. The number of carboxylic acid groups (broad SMARTS) is 1. The summed E-state index contributed by atoms with van der Waals surface area (Å²) >= 11 is 0. The molecule has 2 unspecified atom stereocenters. The second kappa shape index (κ2) is 6.43. The lowest BCUT2D eigenvalue weighted by Crippen LogP contribution is -2.36. The van der Waals surface area contributed by atoms with Gasteiger partial charge in [-0.3, -0.25) is 9.59 Å². The van der Waals surface area contributed by atoms with Crippen LogP contribution >= 0.6 is 0 Å². The van der Waals surface area contributed by atoms with Crippen molar-refractivity contribution in [3.05, 3.63) is 0 Å². The number of hydrogen-bond donors (Lipinski definition) is 2. The van der Waals surface area contributed by atoms with E-state index in [1.54, 1.807) is 13.8 Å². The molecule has 15 heavy (non-hydrogen) atoms. The van der Waals surface area contributed by atoms with Gasteiger partial charge in [0, 0.05) is 12.5 Å². The van der Waals surface area contributed by atoms with Gasteiger partial charge in [0.1, 0.15) is 0 Å². The average molecular weight is 215 g/mol. The van der Waals surface area contributed by atoms with Gasteiger partial charge in [-0.2, -0.15) is 0 Å². The average Bonchev–Trinajstić information content (AvgIpc) is 2.14. The number of nitrogens with one attached hydrogen (secondary N) is 1. The van der Waals surface area contributed by atoms with Gasteiger partial charge >= 0.3 is 5.97 Å². The van der Waals surface area contributed by atoms with Gasteiger partial charge in [-0.1, -0.05) is 27.7 Å². The summed E-state index contributed by atoms with van der Waals surface area (Å²) in [5.74, 6) is -1.68. The van der Waals surface area contributed by atoms with Crippen molar-refractivity contribution in [1.82, 2.24) is 5.32 Å². The lowest BCUT2D eigenvalue weighted by molar-refractivity contribution is -0.146. The van der Waals surface area contributed by atoms with Gasteiger partial charge in [0.25, 0.3) is 0 Å². The Balaban J connectivity index is 3.94. The van der Waals surface area contributed by atoms with Gasteiger partial charge in [0.2, 0.25) is 5.91 Å². The number of rotatable bonds is 6. The lowest BCUT2D eigenvalue weighted by Gasteiger charge is -2.16. The van der Waals surface area contributed by atoms with Crippen molar-refractivity contribution in [2.45, 2.75) is 34.1 Å². The Bertz CT molecular complexity index is 226. The highest BCUT2D eigenvalue weighted by atomic mass is 16.4. The molecule has 0 aromatic rings. The van der Waals surface area contributed by atoms with Gasteiger partial charge in [-0.15, -0.1) is 0 Å². The zero-order valence-electron chi connectivity index (χ0n) is 9.91. The normalized spacial score (nSPS) is 14.7. The molecule has 0 aromatic heterocycles. The highest BCUT2D eigenvalue weighted by Gasteiger charge is 2.25. The summed E-state index contributed by atoms with van der Waals surface area (Å²) in [4.78, 5) is 22.1. The molecule has 2 N–H and O–H groups in total. The summed E-state index contributed by atoms with van der Waals surface area (Å²) in [5, 5.41) is 11.5. The van der Waals surface area contributed by atoms with Crippen LogP contribution in [0.4, 0.5) is 0 Å². The van der Waals surface area contributed by atoms with Gasteiger partial charge in [0.05, 0.1) is 5.92 Å². The molecule has 4 heteroatoms. The third-order valence-electron chi connectivity index (χ3n) is 2.57. The molecule has 0 rings (SSSR count). The minimum absolute atomic E-state index is 0.175. The molecular formula is C11H21NO3. The first-order valence-electron chi connectivity index (χ1n) is 5.36. The minimum Gasteiger partial charge on any atom is -0.481 e. The maximum atomic E-state index is 11.5. The smallest absolute Gasteiger partial charge is 0.307 e. The molecule has 0 saturated heterocycles. The number of amides is 1. The van der Waals surface area contributed by atoms with E-state index in [1.807, 2.05) is 0 Å². The van der Waals surface area contributed by atoms with E-state index in [2.05, 4.69) is 19.2 Å².